The van der Waals surface area contributed by atoms with E-state index in [-0.39, 0.29) is 36.2 Å². The third-order valence-corrected chi connectivity index (χ3v) is 3.80. The summed E-state index contributed by atoms with van der Waals surface area (Å²) in [7, 11) is 1.61. The lowest BCUT2D eigenvalue weighted by Gasteiger charge is -2.25. The van der Waals surface area contributed by atoms with Crippen LogP contribution in [0.1, 0.15) is 12.6 Å². The van der Waals surface area contributed by atoms with Crippen LogP contribution in [0.2, 0.25) is 0 Å². The molecule has 2 heterocycles. The van der Waals surface area contributed by atoms with Gasteiger partial charge in [0.2, 0.25) is 0 Å². The van der Waals surface area contributed by atoms with Gasteiger partial charge in [-0.15, -0.1) is 0 Å². The van der Waals surface area contributed by atoms with Gasteiger partial charge in [0.15, 0.2) is 23.0 Å². The summed E-state index contributed by atoms with van der Waals surface area (Å²) in [5.41, 5.74) is -1.22. The number of aromatic hydroxyl groups is 1. The molecule has 1 atom stereocenters. The molecule has 1 aromatic heterocycles. The number of aliphatic carboxylic acids is 1. The minimum Gasteiger partial charge on any atom is -0.548 e. The molecule has 2 N–H and O–H groups in total. The summed E-state index contributed by atoms with van der Waals surface area (Å²) in [6.45, 7) is 3.88. The average Bonchev–Trinajstić information content (AvgIpc) is 3.05. The third-order valence-electron chi connectivity index (χ3n) is 3.80. The number of hydrogen-bond acceptors (Lipinski definition) is 10. The summed E-state index contributed by atoms with van der Waals surface area (Å²) in [6.07, 6.45) is 1.44. The maximum Gasteiger partial charge on any atom is 0.187 e. The molecule has 0 radical (unpaired) electrons. The highest BCUT2D eigenvalue weighted by atomic mass is 16.6. The van der Waals surface area contributed by atoms with Crippen LogP contribution in [-0.2, 0) is 19.0 Å². The molecule has 0 saturated carbocycles. The first-order chi connectivity index (χ1) is 13.0. The van der Waals surface area contributed by atoms with Crippen molar-refractivity contribution in [3.05, 3.63) is 18.0 Å². The van der Waals surface area contributed by atoms with Crippen molar-refractivity contribution in [1.82, 2.24) is 10.3 Å². The second-order valence-corrected chi connectivity index (χ2v) is 5.98. The molecule has 0 amide bonds. The Labute approximate surface area is 157 Å². The quantitative estimate of drug-likeness (QED) is 0.423. The van der Waals surface area contributed by atoms with E-state index in [4.69, 9.17) is 18.9 Å². The van der Waals surface area contributed by atoms with E-state index >= 15 is 0 Å². The number of nitrogens with one attached hydrogen (secondary N) is 1. The van der Waals surface area contributed by atoms with E-state index < -0.39 is 11.5 Å². The molecule has 1 aliphatic rings. The van der Waals surface area contributed by atoms with Crippen LogP contribution in [0.15, 0.2) is 17.3 Å². The number of hydrogen-bond donors (Lipinski definition) is 2. The number of amidine groups is 1. The van der Waals surface area contributed by atoms with E-state index in [0.717, 1.165) is 0 Å². The number of carbonyl (C=O) groups excluding carboxylic acids is 1. The summed E-state index contributed by atoms with van der Waals surface area (Å²) in [6, 6.07) is 1.50. The fourth-order valence-corrected chi connectivity index (χ4v) is 2.23. The molecule has 1 aliphatic heterocycles. The number of nitrogens with zero attached hydrogens (tertiary/aromatic N) is 2. The lowest BCUT2D eigenvalue weighted by atomic mass is 10.1. The number of rotatable bonds is 12. The van der Waals surface area contributed by atoms with Crippen LogP contribution in [-0.4, -0.2) is 80.7 Å². The number of carboxylic acids is 1. The summed E-state index contributed by atoms with van der Waals surface area (Å²) < 4.78 is 21.0. The number of ether oxygens (including phenoxy) is 4. The first-order valence-corrected chi connectivity index (χ1v) is 8.47. The number of methoxy groups -OCH3 is 1. The maximum atomic E-state index is 11.2. The van der Waals surface area contributed by atoms with Crippen molar-refractivity contribution in [2.24, 2.45) is 4.99 Å². The van der Waals surface area contributed by atoms with E-state index in [1.807, 2.05) is 0 Å². The van der Waals surface area contributed by atoms with Crippen LogP contribution >= 0.6 is 0 Å². The Balaban J connectivity index is 1.79. The largest absolute Gasteiger partial charge is 0.548 e. The molecule has 0 aromatic carbocycles. The number of carbonyl (C=O) groups is 1. The molecule has 1 aromatic rings. The van der Waals surface area contributed by atoms with Crippen LogP contribution in [0.4, 0.5) is 0 Å². The summed E-state index contributed by atoms with van der Waals surface area (Å²) in [4.78, 5) is 19.3. The minimum atomic E-state index is -1.33. The average molecular weight is 382 g/mol. The van der Waals surface area contributed by atoms with Gasteiger partial charge in [-0.25, -0.2) is 4.98 Å². The lowest BCUT2D eigenvalue weighted by molar-refractivity contribution is -0.312. The molecular formula is C17H24N3O7-. The molecule has 150 valence electrons. The number of pyridine rings is 1. The Bertz CT molecular complexity index is 668. The Hall–Kier alpha value is -2.43. The lowest BCUT2D eigenvalue weighted by Crippen LogP contribution is -2.56. The molecule has 10 nitrogen and oxygen atoms in total. The van der Waals surface area contributed by atoms with Crippen LogP contribution in [0.5, 0.6) is 11.5 Å². The molecule has 0 saturated heterocycles. The van der Waals surface area contributed by atoms with Crippen molar-refractivity contribution >= 4 is 11.8 Å². The first kappa shape index (κ1) is 20.9. The van der Waals surface area contributed by atoms with Crippen molar-refractivity contribution in [3.63, 3.8) is 0 Å². The van der Waals surface area contributed by atoms with E-state index in [0.29, 0.717) is 33.0 Å². The molecule has 0 fully saturated rings. The van der Waals surface area contributed by atoms with Gasteiger partial charge in [-0.1, -0.05) is 0 Å². The van der Waals surface area contributed by atoms with Crippen molar-refractivity contribution in [2.75, 3.05) is 53.3 Å². The number of aliphatic imine (C=N–C) groups is 1. The van der Waals surface area contributed by atoms with Crippen LogP contribution in [0.25, 0.3) is 0 Å². The van der Waals surface area contributed by atoms with E-state index in [2.05, 4.69) is 15.3 Å². The molecule has 27 heavy (non-hydrogen) atoms. The van der Waals surface area contributed by atoms with Crippen LogP contribution in [0.3, 0.4) is 0 Å². The monoisotopic (exact) mass is 382 g/mol. The second-order valence-electron chi connectivity index (χ2n) is 5.98. The van der Waals surface area contributed by atoms with Gasteiger partial charge in [-0.3, -0.25) is 4.99 Å². The Kier molecular flexibility index (Phi) is 7.77. The molecule has 0 bridgehead atoms. The van der Waals surface area contributed by atoms with Crippen molar-refractivity contribution in [3.8, 4) is 11.5 Å². The van der Waals surface area contributed by atoms with Gasteiger partial charge in [0, 0.05) is 19.4 Å². The summed E-state index contributed by atoms with van der Waals surface area (Å²) in [5.74, 6) is -1.13. The van der Waals surface area contributed by atoms with Gasteiger partial charge in [0.1, 0.15) is 6.61 Å². The zero-order chi connectivity index (χ0) is 19.7. The van der Waals surface area contributed by atoms with E-state index in [1.165, 1.54) is 19.2 Å². The standard InChI is InChI=1S/C17H25N3O7/c1-17(16(22)23)11-19-15(20-17)13-14(21)12(3-4-18-13)27-10-9-26-8-7-25-6-5-24-2/h3-4,21H,5-11H2,1-2H3,(H,19,20)(H,22,23)/p-1. The topological polar surface area (TPSA) is 135 Å². The van der Waals surface area contributed by atoms with Gasteiger partial charge in [-0.2, -0.15) is 0 Å². The zero-order valence-electron chi connectivity index (χ0n) is 15.4. The minimum absolute atomic E-state index is 0.0167. The smallest absolute Gasteiger partial charge is 0.187 e. The third kappa shape index (κ3) is 5.78. The highest BCUT2D eigenvalue weighted by Crippen LogP contribution is 2.29. The SMILES string of the molecule is COCCOCCOCCOc1ccnc(C2=NCC(C)(C(=O)[O-])N2)c1O. The van der Waals surface area contributed by atoms with Crippen molar-refractivity contribution in [1.29, 1.82) is 0 Å². The number of aromatic nitrogens is 1. The molecule has 1 unspecified atom stereocenters. The van der Waals surface area contributed by atoms with Gasteiger partial charge in [-0.05, 0) is 6.92 Å². The Morgan fingerprint density at radius 3 is 2.56 bits per heavy atom. The van der Waals surface area contributed by atoms with Gasteiger partial charge >= 0.3 is 0 Å². The van der Waals surface area contributed by atoms with Crippen LogP contribution < -0.4 is 15.2 Å². The molecule has 0 aliphatic carbocycles. The van der Waals surface area contributed by atoms with Gasteiger partial charge in [0.25, 0.3) is 0 Å². The highest BCUT2D eigenvalue weighted by molar-refractivity contribution is 6.04. The van der Waals surface area contributed by atoms with Gasteiger partial charge < -0.3 is 39.3 Å². The van der Waals surface area contributed by atoms with Crippen molar-refractivity contribution < 1.29 is 34.0 Å². The molecule has 2 rings (SSSR count). The van der Waals surface area contributed by atoms with Crippen molar-refractivity contribution in [2.45, 2.75) is 12.5 Å². The molecule has 10 heteroatoms. The van der Waals surface area contributed by atoms with E-state index in [9.17, 15) is 15.0 Å². The fourth-order valence-electron chi connectivity index (χ4n) is 2.23. The zero-order valence-corrected chi connectivity index (χ0v) is 15.4. The van der Waals surface area contributed by atoms with Gasteiger partial charge in [0.05, 0.1) is 51.1 Å². The van der Waals surface area contributed by atoms with Crippen LogP contribution in [0, 0.1) is 0 Å². The normalized spacial score (nSPS) is 18.8. The Morgan fingerprint density at radius 1 is 1.26 bits per heavy atom. The first-order valence-electron chi connectivity index (χ1n) is 8.47. The second kappa shape index (κ2) is 10.0. The fraction of sp³-hybridized carbons (Fsp3) is 0.588. The Morgan fingerprint density at radius 2 is 1.93 bits per heavy atom. The summed E-state index contributed by atoms with van der Waals surface area (Å²) in [5, 5.41) is 24.2. The molecule has 0 spiro atoms. The highest BCUT2D eigenvalue weighted by Gasteiger charge is 2.34. The molecular weight excluding hydrogens is 358 g/mol. The predicted octanol–water partition coefficient (Wildman–Crippen LogP) is -1.30. The maximum absolute atomic E-state index is 11.2. The summed E-state index contributed by atoms with van der Waals surface area (Å²) >= 11 is 0. The number of carboxylic acid groups (broad SMARTS) is 1. The predicted molar refractivity (Wildman–Crippen MR) is 92.9 cm³/mol. The van der Waals surface area contributed by atoms with E-state index in [1.54, 1.807) is 7.11 Å².